The van der Waals surface area contributed by atoms with Gasteiger partial charge in [0.25, 0.3) is 5.91 Å². The summed E-state index contributed by atoms with van der Waals surface area (Å²) in [7, 11) is 0. The van der Waals surface area contributed by atoms with Crippen molar-refractivity contribution >= 4 is 5.91 Å². The van der Waals surface area contributed by atoms with Gasteiger partial charge in [-0.2, -0.15) is 0 Å². The minimum Gasteiger partial charge on any atom is -0.484 e. The van der Waals surface area contributed by atoms with E-state index in [2.05, 4.69) is 6.58 Å². The maximum atomic E-state index is 10.5. The van der Waals surface area contributed by atoms with Gasteiger partial charge in [-0.05, 0) is 5.56 Å². The van der Waals surface area contributed by atoms with E-state index in [1.165, 1.54) is 0 Å². The first-order valence-electron chi connectivity index (χ1n) is 3.85. The number of carbonyl (C=O) groups is 1. The normalized spacial score (nSPS) is 9.23. The van der Waals surface area contributed by atoms with Crippen molar-refractivity contribution in [2.75, 3.05) is 0 Å². The van der Waals surface area contributed by atoms with Crippen LogP contribution in [0.2, 0.25) is 0 Å². The zero-order chi connectivity index (χ0) is 9.68. The van der Waals surface area contributed by atoms with E-state index in [0.29, 0.717) is 6.61 Å². The van der Waals surface area contributed by atoms with Crippen LogP contribution in [-0.4, -0.2) is 5.91 Å². The number of hydrogen-bond acceptors (Lipinski definition) is 2. The van der Waals surface area contributed by atoms with Crippen LogP contribution in [0.3, 0.4) is 0 Å². The van der Waals surface area contributed by atoms with Crippen molar-refractivity contribution in [2.45, 2.75) is 6.61 Å². The molecule has 1 rings (SSSR count). The van der Waals surface area contributed by atoms with Crippen molar-refractivity contribution in [3.63, 3.8) is 0 Å². The molecule has 3 nitrogen and oxygen atoms in total. The van der Waals surface area contributed by atoms with E-state index in [4.69, 9.17) is 10.5 Å². The molecular weight excluding hydrogens is 166 g/mol. The summed E-state index contributed by atoms with van der Waals surface area (Å²) in [5.41, 5.74) is 5.91. The Morgan fingerprint density at radius 3 is 2.54 bits per heavy atom. The highest BCUT2D eigenvalue weighted by molar-refractivity contribution is 5.89. The fraction of sp³-hybridized carbons (Fsp3) is 0.100. The van der Waals surface area contributed by atoms with Crippen LogP contribution in [0.15, 0.2) is 42.7 Å². The number of benzene rings is 1. The highest BCUT2D eigenvalue weighted by Crippen LogP contribution is 2.03. The molecule has 0 aliphatic heterocycles. The van der Waals surface area contributed by atoms with Crippen molar-refractivity contribution < 1.29 is 9.53 Å². The summed E-state index contributed by atoms with van der Waals surface area (Å²) in [4.78, 5) is 10.5. The molecule has 0 aromatic heterocycles. The fourth-order valence-corrected chi connectivity index (χ4v) is 0.816. The van der Waals surface area contributed by atoms with Crippen LogP contribution in [0.1, 0.15) is 5.56 Å². The van der Waals surface area contributed by atoms with Gasteiger partial charge in [0.1, 0.15) is 6.61 Å². The van der Waals surface area contributed by atoms with Crippen LogP contribution in [0.5, 0.6) is 0 Å². The minimum absolute atomic E-state index is 0.0103. The molecule has 0 saturated carbocycles. The molecule has 0 spiro atoms. The third kappa shape index (κ3) is 2.99. The molecule has 0 bridgehead atoms. The Morgan fingerprint density at radius 2 is 2.00 bits per heavy atom. The maximum Gasteiger partial charge on any atom is 0.283 e. The molecule has 0 aliphatic rings. The van der Waals surface area contributed by atoms with Crippen LogP contribution in [0.4, 0.5) is 0 Å². The lowest BCUT2D eigenvalue weighted by atomic mass is 10.2. The molecule has 0 fully saturated rings. The van der Waals surface area contributed by atoms with Crippen molar-refractivity contribution in [3.8, 4) is 0 Å². The molecule has 0 saturated heterocycles. The molecule has 13 heavy (non-hydrogen) atoms. The molecule has 68 valence electrons. The lowest BCUT2D eigenvalue weighted by Crippen LogP contribution is -2.15. The molecule has 1 aromatic carbocycles. The van der Waals surface area contributed by atoms with Gasteiger partial charge in [-0.25, -0.2) is 0 Å². The van der Waals surface area contributed by atoms with E-state index in [0.717, 1.165) is 5.56 Å². The second kappa shape index (κ2) is 4.30. The quantitative estimate of drug-likeness (QED) is 0.555. The van der Waals surface area contributed by atoms with Crippen molar-refractivity contribution in [1.82, 2.24) is 0 Å². The molecule has 1 aromatic rings. The zero-order valence-electron chi connectivity index (χ0n) is 7.19. The van der Waals surface area contributed by atoms with E-state index in [1.807, 2.05) is 30.3 Å². The molecule has 1 amide bonds. The first kappa shape index (κ1) is 9.32. The molecule has 0 unspecified atom stereocenters. The van der Waals surface area contributed by atoms with Gasteiger partial charge in [0.05, 0.1) is 0 Å². The lowest BCUT2D eigenvalue weighted by Gasteiger charge is -2.04. The Balaban J connectivity index is 2.44. The third-order valence-corrected chi connectivity index (χ3v) is 1.53. The van der Waals surface area contributed by atoms with Crippen LogP contribution in [0.25, 0.3) is 0 Å². The second-order valence-electron chi connectivity index (χ2n) is 2.56. The van der Waals surface area contributed by atoms with Gasteiger partial charge in [0, 0.05) is 0 Å². The Kier molecular flexibility index (Phi) is 3.09. The summed E-state index contributed by atoms with van der Waals surface area (Å²) >= 11 is 0. The Morgan fingerprint density at radius 1 is 1.38 bits per heavy atom. The monoisotopic (exact) mass is 177 g/mol. The summed E-state index contributed by atoms with van der Waals surface area (Å²) in [6, 6.07) is 9.49. The largest absolute Gasteiger partial charge is 0.484 e. The zero-order valence-corrected chi connectivity index (χ0v) is 7.19. The highest BCUT2D eigenvalue weighted by Gasteiger charge is 2.01. The molecule has 2 N–H and O–H groups in total. The molecule has 3 heteroatoms. The molecule has 0 atom stereocenters. The second-order valence-corrected chi connectivity index (χ2v) is 2.56. The summed E-state index contributed by atoms with van der Waals surface area (Å²) in [6.07, 6.45) is 0. The van der Waals surface area contributed by atoms with Gasteiger partial charge < -0.3 is 10.5 Å². The first-order valence-corrected chi connectivity index (χ1v) is 3.85. The minimum atomic E-state index is -0.629. The maximum absolute atomic E-state index is 10.5. The Bertz CT molecular complexity index is 306. The number of ether oxygens (including phenoxy) is 1. The van der Waals surface area contributed by atoms with Crippen LogP contribution in [0, 0.1) is 0 Å². The van der Waals surface area contributed by atoms with Gasteiger partial charge in [-0.3, -0.25) is 4.79 Å². The number of carbonyl (C=O) groups excluding carboxylic acids is 1. The van der Waals surface area contributed by atoms with Crippen molar-refractivity contribution in [3.05, 3.63) is 48.2 Å². The van der Waals surface area contributed by atoms with E-state index >= 15 is 0 Å². The van der Waals surface area contributed by atoms with E-state index in [9.17, 15) is 4.79 Å². The average molecular weight is 177 g/mol. The number of rotatable bonds is 4. The summed E-state index contributed by atoms with van der Waals surface area (Å²) < 4.78 is 5.02. The highest BCUT2D eigenvalue weighted by atomic mass is 16.5. The smallest absolute Gasteiger partial charge is 0.283 e. The molecular formula is C10H11NO2. The SMILES string of the molecule is C=C(OCc1ccccc1)C(N)=O. The lowest BCUT2D eigenvalue weighted by molar-refractivity contribution is -0.118. The number of amides is 1. The predicted octanol–water partition coefficient (Wildman–Crippen LogP) is 1.20. The first-order chi connectivity index (χ1) is 6.20. The molecule has 0 aliphatic carbocycles. The van der Waals surface area contributed by atoms with Gasteiger partial charge >= 0.3 is 0 Å². The predicted molar refractivity (Wildman–Crippen MR) is 49.6 cm³/mol. The van der Waals surface area contributed by atoms with Gasteiger partial charge in [-0.1, -0.05) is 36.9 Å². The van der Waals surface area contributed by atoms with Crippen LogP contribution in [-0.2, 0) is 16.1 Å². The average Bonchev–Trinajstić information content (AvgIpc) is 2.15. The van der Waals surface area contributed by atoms with Crippen LogP contribution >= 0.6 is 0 Å². The Hall–Kier alpha value is -1.77. The van der Waals surface area contributed by atoms with Gasteiger partial charge in [0.15, 0.2) is 5.76 Å². The third-order valence-electron chi connectivity index (χ3n) is 1.53. The van der Waals surface area contributed by atoms with Crippen molar-refractivity contribution in [1.29, 1.82) is 0 Å². The Labute approximate surface area is 76.8 Å². The van der Waals surface area contributed by atoms with E-state index in [1.54, 1.807) is 0 Å². The van der Waals surface area contributed by atoms with Gasteiger partial charge in [0.2, 0.25) is 0 Å². The number of primary amides is 1. The number of nitrogens with two attached hydrogens (primary N) is 1. The van der Waals surface area contributed by atoms with E-state index < -0.39 is 5.91 Å². The topological polar surface area (TPSA) is 52.3 Å². The standard InChI is InChI=1S/C10H11NO2/c1-8(10(11)12)13-7-9-5-3-2-4-6-9/h2-6H,1,7H2,(H2,11,12). The summed E-state index contributed by atoms with van der Waals surface area (Å²) in [5, 5.41) is 0. The summed E-state index contributed by atoms with van der Waals surface area (Å²) in [6.45, 7) is 3.69. The van der Waals surface area contributed by atoms with Gasteiger partial charge in [-0.15, -0.1) is 0 Å². The molecule has 0 heterocycles. The number of hydrogen-bond donors (Lipinski definition) is 1. The summed E-state index contributed by atoms with van der Waals surface area (Å²) in [5.74, 6) is -0.639. The molecule has 0 radical (unpaired) electrons. The van der Waals surface area contributed by atoms with E-state index in [-0.39, 0.29) is 5.76 Å². The van der Waals surface area contributed by atoms with Crippen molar-refractivity contribution in [2.24, 2.45) is 5.73 Å². The fourth-order valence-electron chi connectivity index (χ4n) is 0.816. The van der Waals surface area contributed by atoms with Crippen LogP contribution < -0.4 is 5.73 Å².